The Morgan fingerprint density at radius 1 is 1.20 bits per heavy atom. The lowest BCUT2D eigenvalue weighted by molar-refractivity contribution is -0.115. The minimum atomic E-state index is 0.0763. The van der Waals surface area contributed by atoms with E-state index in [1.54, 1.807) is 0 Å². The highest BCUT2D eigenvalue weighted by Gasteiger charge is 2.37. The van der Waals surface area contributed by atoms with Crippen LogP contribution in [0.4, 0.5) is 0 Å². The molecule has 0 aromatic rings. The van der Waals surface area contributed by atoms with Crippen LogP contribution < -0.4 is 5.32 Å². The monoisotopic (exact) mass is 283 g/mol. The fraction of sp³-hybridized carbons (Fsp3) is 1.00. The summed E-state index contributed by atoms with van der Waals surface area (Å²) in [5.74, 6) is 0.934. The van der Waals surface area contributed by atoms with Crippen molar-refractivity contribution in [1.82, 2.24) is 5.32 Å². The quantitative estimate of drug-likeness (QED) is 0.716. The van der Waals surface area contributed by atoms with Gasteiger partial charge in [-0.1, -0.05) is 26.7 Å². The van der Waals surface area contributed by atoms with Gasteiger partial charge in [-0.2, -0.15) is 0 Å². The molecule has 0 radical (unpaired) electrons. The molecule has 2 nitrogen and oxygen atoms in total. The van der Waals surface area contributed by atoms with Gasteiger partial charge in [0.15, 0.2) is 0 Å². The number of hydrogen-bond donors (Lipinski definition) is 1. The molecular weight excluding hydrogens is 246 g/mol. The average molecular weight is 284 g/mol. The Morgan fingerprint density at radius 3 is 2.25 bits per heavy atom. The number of rotatable bonds is 7. The van der Waals surface area contributed by atoms with Gasteiger partial charge in [0.1, 0.15) is 0 Å². The molecule has 0 aliphatic heterocycles. The first-order valence-electron chi connectivity index (χ1n) is 8.73. The highest BCUT2D eigenvalue weighted by atomic mass is 16.5. The van der Waals surface area contributed by atoms with E-state index in [4.69, 9.17) is 4.74 Å². The molecule has 0 spiro atoms. The molecule has 1 aliphatic carbocycles. The van der Waals surface area contributed by atoms with Crippen LogP contribution in [0.25, 0.3) is 0 Å². The molecule has 0 bridgehead atoms. The molecule has 1 atom stereocenters. The van der Waals surface area contributed by atoms with E-state index in [9.17, 15) is 0 Å². The molecule has 1 fully saturated rings. The van der Waals surface area contributed by atoms with Crippen LogP contribution in [-0.4, -0.2) is 23.8 Å². The predicted molar refractivity (Wildman–Crippen MR) is 88.2 cm³/mol. The van der Waals surface area contributed by atoms with Gasteiger partial charge in [-0.25, -0.2) is 0 Å². The van der Waals surface area contributed by atoms with Crippen molar-refractivity contribution in [3.8, 4) is 0 Å². The van der Waals surface area contributed by atoms with Gasteiger partial charge in [-0.05, 0) is 65.7 Å². The van der Waals surface area contributed by atoms with Crippen molar-refractivity contribution in [1.29, 1.82) is 0 Å². The zero-order valence-corrected chi connectivity index (χ0v) is 14.7. The minimum absolute atomic E-state index is 0.0763. The van der Waals surface area contributed by atoms with Gasteiger partial charge >= 0.3 is 0 Å². The zero-order chi connectivity index (χ0) is 15.2. The molecule has 0 saturated heterocycles. The highest BCUT2D eigenvalue weighted by Crippen LogP contribution is 2.37. The topological polar surface area (TPSA) is 21.3 Å². The van der Waals surface area contributed by atoms with Crippen molar-refractivity contribution < 1.29 is 4.74 Å². The van der Waals surface area contributed by atoms with E-state index in [1.165, 1.54) is 38.5 Å². The summed E-state index contributed by atoms with van der Waals surface area (Å²) in [6, 6.07) is 0. The largest absolute Gasteiger partial charge is 0.371 e. The predicted octanol–water partition coefficient (Wildman–Crippen LogP) is 4.92. The summed E-state index contributed by atoms with van der Waals surface area (Å²) >= 11 is 0. The van der Waals surface area contributed by atoms with Crippen LogP contribution in [0.3, 0.4) is 0 Å². The van der Waals surface area contributed by atoms with Gasteiger partial charge in [-0.3, -0.25) is 0 Å². The molecule has 0 amide bonds. The van der Waals surface area contributed by atoms with Crippen molar-refractivity contribution in [2.45, 2.75) is 104 Å². The molecule has 1 unspecified atom stereocenters. The lowest BCUT2D eigenvalue weighted by atomic mass is 9.76. The van der Waals surface area contributed by atoms with Gasteiger partial charge in [0.05, 0.1) is 11.7 Å². The molecule has 1 saturated carbocycles. The van der Waals surface area contributed by atoms with Crippen LogP contribution in [0.5, 0.6) is 0 Å². The first kappa shape index (κ1) is 18.0. The van der Waals surface area contributed by atoms with E-state index in [-0.39, 0.29) is 11.1 Å². The summed E-state index contributed by atoms with van der Waals surface area (Å²) < 4.78 is 6.49. The average Bonchev–Trinajstić information content (AvgIpc) is 2.39. The lowest BCUT2D eigenvalue weighted by Crippen LogP contribution is -2.52. The van der Waals surface area contributed by atoms with Crippen LogP contribution >= 0.6 is 0 Å². The lowest BCUT2D eigenvalue weighted by Gasteiger charge is -2.43. The smallest absolute Gasteiger partial charge is 0.0810 e. The number of ether oxygens (including phenoxy) is 1. The van der Waals surface area contributed by atoms with Crippen molar-refractivity contribution in [2.75, 3.05) is 6.54 Å². The number of nitrogens with one attached hydrogen (secondary N) is 1. The zero-order valence-electron chi connectivity index (χ0n) is 14.7. The van der Waals surface area contributed by atoms with Crippen molar-refractivity contribution in [3.63, 3.8) is 0 Å². The van der Waals surface area contributed by atoms with Crippen LogP contribution in [0.15, 0.2) is 0 Å². The Morgan fingerprint density at radius 2 is 1.80 bits per heavy atom. The van der Waals surface area contributed by atoms with E-state index in [1.807, 2.05) is 0 Å². The van der Waals surface area contributed by atoms with Crippen molar-refractivity contribution >= 4 is 0 Å². The molecule has 0 heterocycles. The maximum absolute atomic E-state index is 6.49. The number of hydrogen-bond acceptors (Lipinski definition) is 2. The van der Waals surface area contributed by atoms with Crippen LogP contribution in [-0.2, 0) is 4.74 Å². The molecule has 2 heteroatoms. The Bertz CT molecular complexity index is 261. The van der Waals surface area contributed by atoms with Gasteiger partial charge in [0.2, 0.25) is 0 Å². The van der Waals surface area contributed by atoms with Crippen molar-refractivity contribution in [3.05, 3.63) is 0 Å². The highest BCUT2D eigenvalue weighted by molar-refractivity contribution is 4.91. The fourth-order valence-electron chi connectivity index (χ4n) is 3.17. The minimum Gasteiger partial charge on any atom is -0.371 e. The summed E-state index contributed by atoms with van der Waals surface area (Å²) in [4.78, 5) is 0. The standard InChI is InChI=1S/C18H37NO/c1-7-9-16-10-12-18(13-11-16,20-15(3)8-2)14-19-17(4,5)6/h15-16,19H,7-14H2,1-6H3. The third-order valence-corrected chi connectivity index (χ3v) is 4.68. The molecule has 120 valence electrons. The summed E-state index contributed by atoms with van der Waals surface area (Å²) in [7, 11) is 0. The van der Waals surface area contributed by atoms with Gasteiger partial charge in [0.25, 0.3) is 0 Å². The van der Waals surface area contributed by atoms with E-state index in [0.29, 0.717) is 6.10 Å². The third kappa shape index (κ3) is 6.13. The molecule has 1 rings (SSSR count). The maximum atomic E-state index is 6.49. The van der Waals surface area contributed by atoms with E-state index >= 15 is 0 Å². The van der Waals surface area contributed by atoms with E-state index < -0.39 is 0 Å². The molecule has 0 aromatic carbocycles. The second-order valence-electron chi connectivity index (χ2n) is 7.86. The Kier molecular flexibility index (Phi) is 7.00. The molecule has 1 aliphatic rings. The van der Waals surface area contributed by atoms with Gasteiger partial charge < -0.3 is 10.1 Å². The maximum Gasteiger partial charge on any atom is 0.0810 e. The third-order valence-electron chi connectivity index (χ3n) is 4.68. The van der Waals surface area contributed by atoms with Crippen molar-refractivity contribution in [2.24, 2.45) is 5.92 Å². The van der Waals surface area contributed by atoms with E-state index in [2.05, 4.69) is 46.9 Å². The van der Waals surface area contributed by atoms with E-state index in [0.717, 1.165) is 18.9 Å². The SMILES string of the molecule is CCCC1CCC(CNC(C)(C)C)(OC(C)CC)CC1. The normalized spacial score (nSPS) is 29.4. The molecular formula is C18H37NO. The first-order chi connectivity index (χ1) is 9.30. The van der Waals surface area contributed by atoms with Gasteiger partial charge in [0, 0.05) is 12.1 Å². The summed E-state index contributed by atoms with van der Waals surface area (Å²) in [6.07, 6.45) is 9.34. The summed E-state index contributed by atoms with van der Waals surface area (Å²) in [6.45, 7) is 14.5. The second kappa shape index (κ2) is 7.79. The van der Waals surface area contributed by atoms with Crippen LogP contribution in [0.2, 0.25) is 0 Å². The Labute approximate surface area is 127 Å². The summed E-state index contributed by atoms with van der Waals surface area (Å²) in [5, 5.41) is 3.68. The Balaban J connectivity index is 2.61. The molecule has 20 heavy (non-hydrogen) atoms. The molecule has 0 aromatic heterocycles. The summed E-state index contributed by atoms with van der Waals surface area (Å²) in [5.41, 5.74) is 0.249. The van der Waals surface area contributed by atoms with Crippen LogP contribution in [0, 0.1) is 5.92 Å². The second-order valence-corrected chi connectivity index (χ2v) is 7.86. The first-order valence-corrected chi connectivity index (χ1v) is 8.73. The fourth-order valence-corrected chi connectivity index (χ4v) is 3.17. The van der Waals surface area contributed by atoms with Crippen LogP contribution in [0.1, 0.15) is 86.5 Å². The molecule has 1 N–H and O–H groups in total. The Hall–Kier alpha value is -0.0800. The van der Waals surface area contributed by atoms with Gasteiger partial charge in [-0.15, -0.1) is 0 Å².